The zero-order valence-corrected chi connectivity index (χ0v) is 14.2. The third-order valence-electron chi connectivity index (χ3n) is 3.83. The van der Waals surface area contributed by atoms with Gasteiger partial charge in [-0.2, -0.15) is 0 Å². The van der Waals surface area contributed by atoms with Gasteiger partial charge in [0.1, 0.15) is 17.6 Å². The molecular formula is C16H20N6O3. The van der Waals surface area contributed by atoms with Gasteiger partial charge in [0.05, 0.1) is 43.5 Å². The van der Waals surface area contributed by atoms with E-state index in [1.807, 2.05) is 6.92 Å². The summed E-state index contributed by atoms with van der Waals surface area (Å²) in [5, 5.41) is 2.70. The topological polar surface area (TPSA) is 113 Å². The van der Waals surface area contributed by atoms with Crippen LogP contribution in [0.4, 0.5) is 0 Å². The maximum Gasteiger partial charge on any atom is 0.274 e. The average Bonchev–Trinajstić information content (AvgIpc) is 3.09. The molecule has 0 spiro atoms. The standard InChI is InChI=1S/C16H20N6O3/c1-10-5-19-13(8-17-10)16(24)22-3-4-25-14(9-22)15-20-7-12(21-15)6-18-11(2)23/h5,7-8,14H,3-4,6,9H2,1-2H3,(H,18,23)(H,20,21). The molecule has 9 nitrogen and oxygen atoms in total. The summed E-state index contributed by atoms with van der Waals surface area (Å²) in [5.74, 6) is 0.347. The number of amides is 2. The van der Waals surface area contributed by atoms with E-state index in [-0.39, 0.29) is 17.9 Å². The van der Waals surface area contributed by atoms with Crippen LogP contribution in [-0.4, -0.2) is 56.3 Å². The van der Waals surface area contributed by atoms with Crippen LogP contribution in [0.25, 0.3) is 0 Å². The predicted octanol–water partition coefficient (Wildman–Crippen LogP) is 0.358. The Kier molecular flexibility index (Phi) is 5.03. The number of morpholine rings is 1. The van der Waals surface area contributed by atoms with Crippen LogP contribution in [0.1, 0.15) is 40.7 Å². The van der Waals surface area contributed by atoms with Gasteiger partial charge in [-0.1, -0.05) is 0 Å². The van der Waals surface area contributed by atoms with Crippen molar-refractivity contribution in [1.82, 2.24) is 30.2 Å². The molecule has 0 aromatic carbocycles. The van der Waals surface area contributed by atoms with Crippen molar-refractivity contribution in [2.75, 3.05) is 19.7 Å². The Balaban J connectivity index is 1.65. The molecule has 1 fully saturated rings. The molecular weight excluding hydrogens is 324 g/mol. The van der Waals surface area contributed by atoms with Crippen LogP contribution in [0, 0.1) is 6.92 Å². The summed E-state index contributed by atoms with van der Waals surface area (Å²) in [6.07, 6.45) is 4.37. The number of nitrogens with one attached hydrogen (secondary N) is 2. The lowest BCUT2D eigenvalue weighted by molar-refractivity contribution is -0.119. The maximum absolute atomic E-state index is 12.6. The number of imidazole rings is 1. The van der Waals surface area contributed by atoms with Crippen molar-refractivity contribution >= 4 is 11.8 Å². The van der Waals surface area contributed by atoms with Crippen LogP contribution in [-0.2, 0) is 16.1 Å². The van der Waals surface area contributed by atoms with Gasteiger partial charge in [-0.25, -0.2) is 9.97 Å². The Morgan fingerprint density at radius 1 is 1.32 bits per heavy atom. The molecule has 2 aromatic rings. The van der Waals surface area contributed by atoms with Crippen molar-refractivity contribution in [3.63, 3.8) is 0 Å². The van der Waals surface area contributed by atoms with Crippen molar-refractivity contribution in [3.05, 3.63) is 41.5 Å². The highest BCUT2D eigenvalue weighted by Crippen LogP contribution is 2.20. The van der Waals surface area contributed by atoms with Crippen molar-refractivity contribution in [2.45, 2.75) is 26.5 Å². The molecule has 2 amide bonds. The van der Waals surface area contributed by atoms with E-state index in [1.165, 1.54) is 13.1 Å². The molecule has 9 heteroatoms. The molecule has 1 aliphatic heterocycles. The highest BCUT2D eigenvalue weighted by Gasteiger charge is 2.28. The number of aromatic amines is 1. The number of aromatic nitrogens is 4. The number of aryl methyl sites for hydroxylation is 1. The van der Waals surface area contributed by atoms with Gasteiger partial charge in [-0.3, -0.25) is 14.6 Å². The third-order valence-corrected chi connectivity index (χ3v) is 3.83. The molecule has 0 saturated carbocycles. The lowest BCUT2D eigenvalue weighted by atomic mass is 10.2. The minimum Gasteiger partial charge on any atom is -0.367 e. The second-order valence-corrected chi connectivity index (χ2v) is 5.86. The molecule has 2 N–H and O–H groups in total. The van der Waals surface area contributed by atoms with Crippen molar-refractivity contribution in [2.24, 2.45) is 0 Å². The first-order chi connectivity index (χ1) is 12.0. The number of H-pyrrole nitrogens is 1. The SMILES string of the molecule is CC(=O)NCc1cnc(C2CN(C(=O)c3cnc(C)cn3)CCO2)[nH]1. The smallest absolute Gasteiger partial charge is 0.274 e. The van der Waals surface area contributed by atoms with Gasteiger partial charge >= 0.3 is 0 Å². The van der Waals surface area contributed by atoms with E-state index in [0.717, 1.165) is 11.4 Å². The fourth-order valence-electron chi connectivity index (χ4n) is 2.51. The molecule has 0 bridgehead atoms. The van der Waals surface area contributed by atoms with Gasteiger partial charge in [0.15, 0.2) is 0 Å². The Bertz CT molecular complexity index is 757. The van der Waals surface area contributed by atoms with Gasteiger partial charge in [0, 0.05) is 19.7 Å². The van der Waals surface area contributed by atoms with Crippen LogP contribution in [0.2, 0.25) is 0 Å². The van der Waals surface area contributed by atoms with Gasteiger partial charge in [-0.15, -0.1) is 0 Å². The molecule has 1 saturated heterocycles. The minimum atomic E-state index is -0.345. The lowest BCUT2D eigenvalue weighted by Gasteiger charge is -2.31. The molecule has 132 valence electrons. The average molecular weight is 344 g/mol. The highest BCUT2D eigenvalue weighted by atomic mass is 16.5. The summed E-state index contributed by atoms with van der Waals surface area (Å²) in [7, 11) is 0. The van der Waals surface area contributed by atoms with Crippen molar-refractivity contribution < 1.29 is 14.3 Å². The van der Waals surface area contributed by atoms with Gasteiger partial charge in [0.2, 0.25) is 5.91 Å². The zero-order chi connectivity index (χ0) is 17.8. The third kappa shape index (κ3) is 4.18. The molecule has 1 unspecified atom stereocenters. The Labute approximate surface area is 144 Å². The fraction of sp³-hybridized carbons (Fsp3) is 0.438. The lowest BCUT2D eigenvalue weighted by Crippen LogP contribution is -2.42. The minimum absolute atomic E-state index is 0.110. The Hall–Kier alpha value is -2.81. The molecule has 2 aromatic heterocycles. The van der Waals surface area contributed by atoms with E-state index in [9.17, 15) is 9.59 Å². The van der Waals surface area contributed by atoms with Gasteiger partial charge in [0.25, 0.3) is 5.91 Å². The monoisotopic (exact) mass is 344 g/mol. The number of hydrogen-bond acceptors (Lipinski definition) is 6. The number of rotatable bonds is 4. The summed E-state index contributed by atoms with van der Waals surface area (Å²) in [6.45, 7) is 4.93. The highest BCUT2D eigenvalue weighted by molar-refractivity contribution is 5.92. The van der Waals surface area contributed by atoms with Gasteiger partial charge < -0.3 is 19.9 Å². The summed E-state index contributed by atoms with van der Waals surface area (Å²) in [5.41, 5.74) is 1.86. The second kappa shape index (κ2) is 7.39. The van der Waals surface area contributed by atoms with E-state index in [2.05, 4.69) is 25.3 Å². The van der Waals surface area contributed by atoms with Crippen LogP contribution >= 0.6 is 0 Å². The van der Waals surface area contributed by atoms with E-state index >= 15 is 0 Å². The molecule has 3 rings (SSSR count). The Morgan fingerprint density at radius 3 is 2.88 bits per heavy atom. The van der Waals surface area contributed by atoms with E-state index in [1.54, 1.807) is 17.3 Å². The zero-order valence-electron chi connectivity index (χ0n) is 14.2. The first-order valence-corrected chi connectivity index (χ1v) is 8.00. The summed E-state index contributed by atoms with van der Waals surface area (Å²) >= 11 is 0. The predicted molar refractivity (Wildman–Crippen MR) is 87.5 cm³/mol. The molecule has 0 aliphatic carbocycles. The van der Waals surface area contributed by atoms with E-state index in [0.29, 0.717) is 37.8 Å². The van der Waals surface area contributed by atoms with E-state index in [4.69, 9.17) is 4.74 Å². The molecule has 1 atom stereocenters. The van der Waals surface area contributed by atoms with Gasteiger partial charge in [-0.05, 0) is 6.92 Å². The quantitative estimate of drug-likeness (QED) is 0.828. The van der Waals surface area contributed by atoms with Crippen molar-refractivity contribution in [3.8, 4) is 0 Å². The Morgan fingerprint density at radius 2 is 2.16 bits per heavy atom. The van der Waals surface area contributed by atoms with Crippen LogP contribution in [0.15, 0.2) is 18.6 Å². The summed E-state index contributed by atoms with van der Waals surface area (Å²) in [4.78, 5) is 40.9. The fourth-order valence-corrected chi connectivity index (χ4v) is 2.51. The molecule has 25 heavy (non-hydrogen) atoms. The molecule has 1 aliphatic rings. The summed E-state index contributed by atoms with van der Waals surface area (Å²) < 4.78 is 5.73. The summed E-state index contributed by atoms with van der Waals surface area (Å²) in [6, 6.07) is 0. The molecule has 3 heterocycles. The van der Waals surface area contributed by atoms with Crippen LogP contribution in [0.3, 0.4) is 0 Å². The van der Waals surface area contributed by atoms with E-state index < -0.39 is 0 Å². The van der Waals surface area contributed by atoms with Crippen LogP contribution in [0.5, 0.6) is 0 Å². The first kappa shape index (κ1) is 17.0. The maximum atomic E-state index is 12.6. The first-order valence-electron chi connectivity index (χ1n) is 8.00. The normalized spacial score (nSPS) is 17.4. The second-order valence-electron chi connectivity index (χ2n) is 5.86. The number of nitrogens with zero attached hydrogens (tertiary/aromatic N) is 4. The number of carbonyl (C=O) groups excluding carboxylic acids is 2. The number of hydrogen-bond donors (Lipinski definition) is 2. The van der Waals surface area contributed by atoms with Crippen LogP contribution < -0.4 is 5.32 Å². The number of ether oxygens (including phenoxy) is 1. The molecule has 0 radical (unpaired) electrons. The van der Waals surface area contributed by atoms with Crippen molar-refractivity contribution in [1.29, 1.82) is 0 Å². The number of carbonyl (C=O) groups is 2. The largest absolute Gasteiger partial charge is 0.367 e.